The third kappa shape index (κ3) is 6.72. The molecule has 0 spiro atoms. The molecule has 28 heavy (non-hydrogen) atoms. The standard InChI is InChI=1S/C20H31N3O3S.ClH/c24-20(22-12-10-17-8-4-11-21-14-17)19-9-5-13-23(15-19)27(25,26)16-18-6-2-1-3-7-18;/h1-3,6-7,17,19,21H,4-5,8-16H2,(H,22,24);1H. The third-order valence-corrected chi connectivity index (χ3v) is 7.41. The Morgan fingerprint density at radius 3 is 2.68 bits per heavy atom. The summed E-state index contributed by atoms with van der Waals surface area (Å²) in [7, 11) is -3.40. The van der Waals surface area contributed by atoms with Crippen molar-refractivity contribution in [1.29, 1.82) is 0 Å². The van der Waals surface area contributed by atoms with Gasteiger partial charge in [0, 0.05) is 19.6 Å². The summed E-state index contributed by atoms with van der Waals surface area (Å²) in [6, 6.07) is 9.22. The molecule has 2 heterocycles. The van der Waals surface area contributed by atoms with Crippen molar-refractivity contribution in [3.63, 3.8) is 0 Å². The summed E-state index contributed by atoms with van der Waals surface area (Å²) in [5.41, 5.74) is 0.783. The van der Waals surface area contributed by atoms with Crippen LogP contribution in [0.15, 0.2) is 30.3 Å². The minimum absolute atomic E-state index is 0. The molecule has 6 nitrogen and oxygen atoms in total. The van der Waals surface area contributed by atoms with Gasteiger partial charge >= 0.3 is 0 Å². The lowest BCUT2D eigenvalue weighted by molar-refractivity contribution is -0.126. The van der Waals surface area contributed by atoms with Gasteiger partial charge in [-0.3, -0.25) is 4.79 Å². The van der Waals surface area contributed by atoms with Crippen LogP contribution in [0, 0.1) is 11.8 Å². The fourth-order valence-electron chi connectivity index (χ4n) is 4.00. The molecule has 0 radical (unpaired) electrons. The first-order valence-corrected chi connectivity index (χ1v) is 11.7. The Morgan fingerprint density at radius 1 is 1.18 bits per heavy atom. The highest BCUT2D eigenvalue weighted by Gasteiger charge is 2.32. The van der Waals surface area contributed by atoms with Gasteiger partial charge in [0.15, 0.2) is 0 Å². The third-order valence-electron chi connectivity index (χ3n) is 5.59. The number of piperidine rings is 2. The second-order valence-electron chi connectivity index (χ2n) is 7.73. The molecule has 2 unspecified atom stereocenters. The van der Waals surface area contributed by atoms with E-state index in [-0.39, 0.29) is 30.0 Å². The Labute approximate surface area is 174 Å². The van der Waals surface area contributed by atoms with Gasteiger partial charge in [-0.05, 0) is 56.7 Å². The van der Waals surface area contributed by atoms with Crippen molar-refractivity contribution in [2.45, 2.75) is 37.9 Å². The Hall–Kier alpha value is -1.15. The molecule has 1 aromatic carbocycles. The van der Waals surface area contributed by atoms with Crippen molar-refractivity contribution in [2.75, 3.05) is 32.7 Å². The highest BCUT2D eigenvalue weighted by atomic mass is 35.5. The van der Waals surface area contributed by atoms with Crippen LogP contribution >= 0.6 is 12.4 Å². The van der Waals surface area contributed by atoms with Crippen molar-refractivity contribution >= 4 is 28.3 Å². The lowest BCUT2D eigenvalue weighted by Gasteiger charge is -2.31. The van der Waals surface area contributed by atoms with Gasteiger partial charge < -0.3 is 10.6 Å². The molecule has 1 amide bonds. The van der Waals surface area contributed by atoms with Gasteiger partial charge in [-0.25, -0.2) is 12.7 Å². The van der Waals surface area contributed by atoms with Gasteiger partial charge in [0.25, 0.3) is 0 Å². The average Bonchev–Trinajstić information content (AvgIpc) is 2.69. The zero-order chi connectivity index (χ0) is 19.1. The molecule has 2 aliphatic heterocycles. The van der Waals surface area contributed by atoms with E-state index in [1.54, 1.807) is 0 Å². The minimum atomic E-state index is -3.40. The van der Waals surface area contributed by atoms with Crippen LogP contribution in [0.5, 0.6) is 0 Å². The van der Waals surface area contributed by atoms with Gasteiger partial charge in [0.2, 0.25) is 15.9 Å². The normalized spacial score (nSPS) is 23.6. The highest BCUT2D eigenvalue weighted by Crippen LogP contribution is 2.22. The van der Waals surface area contributed by atoms with Crippen molar-refractivity contribution in [2.24, 2.45) is 11.8 Å². The molecule has 2 fully saturated rings. The molecule has 1 aromatic rings. The van der Waals surface area contributed by atoms with E-state index in [9.17, 15) is 13.2 Å². The number of hydrogen-bond donors (Lipinski definition) is 2. The maximum atomic E-state index is 12.7. The number of rotatable bonds is 7. The van der Waals surface area contributed by atoms with E-state index in [1.165, 1.54) is 17.1 Å². The number of carbonyl (C=O) groups is 1. The highest BCUT2D eigenvalue weighted by molar-refractivity contribution is 7.88. The molecule has 2 saturated heterocycles. The first-order chi connectivity index (χ1) is 13.0. The minimum Gasteiger partial charge on any atom is -0.356 e. The molecule has 2 atom stereocenters. The summed E-state index contributed by atoms with van der Waals surface area (Å²) < 4.78 is 27.0. The summed E-state index contributed by atoms with van der Waals surface area (Å²) >= 11 is 0. The lowest BCUT2D eigenvalue weighted by atomic mass is 9.95. The lowest BCUT2D eigenvalue weighted by Crippen LogP contribution is -2.46. The second kappa shape index (κ2) is 11.1. The quantitative estimate of drug-likeness (QED) is 0.696. The molecule has 2 N–H and O–H groups in total. The summed E-state index contributed by atoms with van der Waals surface area (Å²) in [5.74, 6) is 0.386. The summed E-state index contributed by atoms with van der Waals surface area (Å²) in [6.07, 6.45) is 4.90. The molecule has 0 bridgehead atoms. The largest absolute Gasteiger partial charge is 0.356 e. The Bertz CT molecular complexity index is 709. The van der Waals surface area contributed by atoms with Crippen molar-refractivity contribution in [3.8, 4) is 0 Å². The molecule has 158 valence electrons. The molecular weight excluding hydrogens is 398 g/mol. The van der Waals surface area contributed by atoms with Gasteiger partial charge in [0.1, 0.15) is 0 Å². The fraction of sp³-hybridized carbons (Fsp3) is 0.650. The van der Waals surface area contributed by atoms with E-state index in [0.29, 0.717) is 25.6 Å². The van der Waals surface area contributed by atoms with Gasteiger partial charge in [-0.1, -0.05) is 30.3 Å². The summed E-state index contributed by atoms with van der Waals surface area (Å²) in [5, 5.41) is 6.43. The number of carbonyl (C=O) groups excluding carboxylic acids is 1. The molecule has 8 heteroatoms. The van der Waals surface area contributed by atoms with E-state index in [1.807, 2.05) is 30.3 Å². The maximum absolute atomic E-state index is 12.7. The number of amides is 1. The number of hydrogen-bond acceptors (Lipinski definition) is 4. The zero-order valence-corrected chi connectivity index (χ0v) is 17.9. The van der Waals surface area contributed by atoms with Gasteiger partial charge in [-0.15, -0.1) is 12.4 Å². The molecular formula is C20H32ClN3O3S. The van der Waals surface area contributed by atoms with Gasteiger partial charge in [0.05, 0.1) is 11.7 Å². The monoisotopic (exact) mass is 429 g/mol. The SMILES string of the molecule is Cl.O=C(NCCC1CCCNC1)C1CCCN(S(=O)(=O)Cc2ccccc2)C1. The van der Waals surface area contributed by atoms with Crippen LogP contribution in [-0.2, 0) is 20.6 Å². The zero-order valence-electron chi connectivity index (χ0n) is 16.3. The molecule has 0 aromatic heterocycles. The van der Waals surface area contributed by atoms with Crippen LogP contribution in [0.4, 0.5) is 0 Å². The predicted molar refractivity (Wildman–Crippen MR) is 114 cm³/mol. The van der Waals surface area contributed by atoms with Crippen LogP contribution in [0.1, 0.15) is 37.7 Å². The number of sulfonamides is 1. The Kier molecular flexibility index (Phi) is 9.21. The van der Waals surface area contributed by atoms with E-state index in [4.69, 9.17) is 0 Å². The number of benzene rings is 1. The second-order valence-corrected chi connectivity index (χ2v) is 9.70. The molecule has 0 aliphatic carbocycles. The van der Waals surface area contributed by atoms with Crippen molar-refractivity contribution in [3.05, 3.63) is 35.9 Å². The van der Waals surface area contributed by atoms with Crippen LogP contribution in [0.3, 0.4) is 0 Å². The van der Waals surface area contributed by atoms with E-state index in [2.05, 4.69) is 10.6 Å². The first kappa shape index (κ1) is 23.1. The summed E-state index contributed by atoms with van der Waals surface area (Å²) in [6.45, 7) is 3.61. The van der Waals surface area contributed by atoms with Crippen LogP contribution in [0.2, 0.25) is 0 Å². The summed E-state index contributed by atoms with van der Waals surface area (Å²) in [4.78, 5) is 12.5. The van der Waals surface area contributed by atoms with Crippen LogP contribution < -0.4 is 10.6 Å². The maximum Gasteiger partial charge on any atom is 0.224 e. The van der Waals surface area contributed by atoms with Crippen molar-refractivity contribution < 1.29 is 13.2 Å². The van der Waals surface area contributed by atoms with Crippen molar-refractivity contribution in [1.82, 2.24) is 14.9 Å². The molecule has 0 saturated carbocycles. The predicted octanol–water partition coefficient (Wildman–Crippen LogP) is 2.16. The number of nitrogens with zero attached hydrogens (tertiary/aromatic N) is 1. The van der Waals surface area contributed by atoms with Crippen LogP contribution in [0.25, 0.3) is 0 Å². The fourth-order valence-corrected chi connectivity index (χ4v) is 5.61. The van der Waals surface area contributed by atoms with Crippen LogP contribution in [-0.4, -0.2) is 51.4 Å². The van der Waals surface area contributed by atoms with E-state index in [0.717, 1.165) is 37.9 Å². The van der Waals surface area contributed by atoms with E-state index >= 15 is 0 Å². The topological polar surface area (TPSA) is 78.5 Å². The Morgan fingerprint density at radius 2 is 1.96 bits per heavy atom. The number of nitrogens with one attached hydrogen (secondary N) is 2. The molecule has 3 rings (SSSR count). The first-order valence-electron chi connectivity index (χ1n) is 10.0. The smallest absolute Gasteiger partial charge is 0.224 e. The average molecular weight is 430 g/mol. The van der Waals surface area contributed by atoms with E-state index < -0.39 is 10.0 Å². The number of halogens is 1. The Balaban J connectivity index is 0.00000280. The molecule has 2 aliphatic rings. The van der Waals surface area contributed by atoms with Gasteiger partial charge in [-0.2, -0.15) is 0 Å².